The van der Waals surface area contributed by atoms with E-state index in [9.17, 15) is 34.4 Å². The summed E-state index contributed by atoms with van der Waals surface area (Å²) in [5.74, 6) is 3.58. The summed E-state index contributed by atoms with van der Waals surface area (Å²) in [4.78, 5) is 69.5. The average Bonchev–Trinajstić information content (AvgIpc) is 1.71. The van der Waals surface area contributed by atoms with Crippen LogP contribution in [0.2, 0.25) is 0 Å². The van der Waals surface area contributed by atoms with Crippen molar-refractivity contribution in [2.75, 3.05) is 37.0 Å². The zero-order valence-electron chi connectivity index (χ0n) is 54.7. The van der Waals surface area contributed by atoms with Crippen LogP contribution in [0.5, 0.6) is 5.75 Å². The van der Waals surface area contributed by atoms with Crippen molar-refractivity contribution >= 4 is 40.7 Å². The highest BCUT2D eigenvalue weighted by Crippen LogP contribution is 2.67. The Hall–Kier alpha value is -7.36. The molecule has 0 aromatic heterocycles. The van der Waals surface area contributed by atoms with Crippen LogP contribution in [0.1, 0.15) is 172 Å². The van der Waals surface area contributed by atoms with E-state index in [1.165, 1.54) is 75.6 Å². The molecule has 4 amide bonds. The summed E-state index contributed by atoms with van der Waals surface area (Å²) in [5, 5.41) is 33.0. The van der Waals surface area contributed by atoms with Crippen LogP contribution in [0, 0.1) is 56.5 Å². The first-order valence-electron chi connectivity index (χ1n) is 33.9. The van der Waals surface area contributed by atoms with E-state index < -0.39 is 34.7 Å². The number of fused-ring (bicyclic) bond motifs is 5. The Labute approximate surface area is 540 Å². The number of ether oxygens (including phenoxy) is 2. The lowest BCUT2D eigenvalue weighted by Gasteiger charge is -2.58. The van der Waals surface area contributed by atoms with E-state index in [0.717, 1.165) is 77.3 Å². The number of benzene rings is 5. The van der Waals surface area contributed by atoms with Gasteiger partial charge in [-0.15, -0.1) is 0 Å². The maximum atomic E-state index is 14.6. The number of nitrogens with one attached hydrogen (secondary N) is 4. The van der Waals surface area contributed by atoms with E-state index in [-0.39, 0.29) is 61.4 Å². The van der Waals surface area contributed by atoms with Gasteiger partial charge in [-0.25, -0.2) is 0 Å². The van der Waals surface area contributed by atoms with Gasteiger partial charge in [-0.1, -0.05) is 150 Å². The predicted octanol–water partition coefficient (Wildman–Crippen LogP) is 14.4. The SMILES string of the molecule is COc1ccc(N(CCCC[C@H](NC(=O)[C@H](Cc2ccc([N+](=O)[O-])cc2)NC(=O)CCC(=O)NCCCO[C@H]2CC[C@@]3(C)C(=CC[C@H]4[C@@H]5CC[C@H]([C@H](C)CCCC(C)C)[C@@]5(C)CC[C@@H]43)C2)C(=O)Nc2ccc(CO)cc2)C(c2ccccc2)c2ccccc2)cc1. The third kappa shape index (κ3) is 17.6. The maximum Gasteiger partial charge on any atom is 0.269 e. The van der Waals surface area contributed by atoms with Crippen molar-refractivity contribution in [3.63, 3.8) is 0 Å². The molecule has 4 aliphatic carbocycles. The fourth-order valence-corrected chi connectivity index (χ4v) is 16.2. The van der Waals surface area contributed by atoms with Gasteiger partial charge in [-0.3, -0.25) is 29.3 Å². The van der Waals surface area contributed by atoms with Gasteiger partial charge in [0.1, 0.15) is 17.8 Å². The van der Waals surface area contributed by atoms with E-state index in [1.54, 1.807) is 36.9 Å². The number of carbonyl (C=O) groups excluding carboxylic acids is 4. The molecule has 0 aliphatic heterocycles. The Balaban J connectivity index is 0.792. The van der Waals surface area contributed by atoms with Crippen molar-refractivity contribution in [2.24, 2.45) is 46.3 Å². The predicted molar refractivity (Wildman–Crippen MR) is 360 cm³/mol. The first-order chi connectivity index (χ1) is 44.0. The van der Waals surface area contributed by atoms with E-state index in [0.29, 0.717) is 61.2 Å². The van der Waals surface area contributed by atoms with Gasteiger partial charge in [0.05, 0.1) is 30.8 Å². The smallest absolute Gasteiger partial charge is 0.269 e. The molecule has 91 heavy (non-hydrogen) atoms. The molecule has 15 nitrogen and oxygen atoms in total. The second-order valence-corrected chi connectivity index (χ2v) is 27.5. The maximum absolute atomic E-state index is 14.6. The molecule has 3 fully saturated rings. The van der Waals surface area contributed by atoms with Crippen molar-refractivity contribution in [3.05, 3.63) is 177 Å². The lowest BCUT2D eigenvalue weighted by atomic mass is 9.47. The molecule has 3 saturated carbocycles. The van der Waals surface area contributed by atoms with Crippen LogP contribution in [0.25, 0.3) is 0 Å². The fraction of sp³-hybridized carbons (Fsp3) is 0.526. The first-order valence-corrected chi connectivity index (χ1v) is 33.9. The fourth-order valence-electron chi connectivity index (χ4n) is 16.2. The molecule has 488 valence electrons. The first kappa shape index (κ1) is 68.0. The largest absolute Gasteiger partial charge is 0.497 e. The number of aliphatic hydroxyl groups excluding tert-OH is 1. The number of nitro benzene ring substituents is 1. The van der Waals surface area contributed by atoms with E-state index in [1.807, 2.05) is 60.7 Å². The van der Waals surface area contributed by atoms with Crippen LogP contribution < -0.4 is 30.9 Å². The molecule has 0 spiro atoms. The van der Waals surface area contributed by atoms with Crippen LogP contribution >= 0.6 is 0 Å². The monoisotopic (exact) mass is 1240 g/mol. The molecule has 15 heteroatoms. The van der Waals surface area contributed by atoms with Gasteiger partial charge < -0.3 is 40.7 Å². The van der Waals surface area contributed by atoms with Gasteiger partial charge in [0.15, 0.2) is 0 Å². The molecule has 0 unspecified atom stereocenters. The second kappa shape index (κ2) is 32.3. The molecule has 0 saturated heterocycles. The number of amides is 4. The number of aliphatic hydroxyl groups is 1. The second-order valence-electron chi connectivity index (χ2n) is 27.5. The Morgan fingerprint density at radius 3 is 2.04 bits per heavy atom. The number of non-ortho nitro benzene ring substituents is 1. The molecule has 0 bridgehead atoms. The van der Waals surface area contributed by atoms with E-state index >= 15 is 0 Å². The number of unbranched alkanes of at least 4 members (excludes halogenated alkanes) is 1. The highest BCUT2D eigenvalue weighted by molar-refractivity contribution is 5.98. The van der Waals surface area contributed by atoms with E-state index in [4.69, 9.17) is 9.47 Å². The Morgan fingerprint density at radius 2 is 1.38 bits per heavy atom. The highest BCUT2D eigenvalue weighted by atomic mass is 16.6. The quantitative estimate of drug-likeness (QED) is 0.0119. The number of rotatable bonds is 32. The van der Waals surface area contributed by atoms with Gasteiger partial charge in [0.2, 0.25) is 23.6 Å². The van der Waals surface area contributed by atoms with Crippen molar-refractivity contribution in [1.82, 2.24) is 16.0 Å². The summed E-state index contributed by atoms with van der Waals surface area (Å²) >= 11 is 0. The standard InChI is InChI=1S/C76H100N6O9/c1-52(2)17-15-18-53(3)65-38-39-66-64-37-28-58-50-63(42-44-75(58,4)67(64)43-45-76(65,66)5)91-48-16-46-77-70(84)40-41-71(85)79-69(49-54-26-31-61(32-27-54)82(88)89)74(87)80-68(73(86)78-59-29-24-55(51-83)25-30-59)23-13-14-47-81(60-33-35-62(90-6)36-34-60)72(56-19-9-7-10-20-56)57-21-11-8-12-22-57/h7-12,19-22,24-36,52-53,63-69,72,83H,13-18,23,37-51H2,1-6H3,(H,77,84)(H,78,86)(H,79,85)(H,80,87)/t53-,63+,64+,65-,66+,67+,68+,69+,75+,76-/m1/s1. The molecule has 9 rings (SSSR count). The van der Waals surface area contributed by atoms with Crippen molar-refractivity contribution in [1.29, 1.82) is 0 Å². The lowest BCUT2D eigenvalue weighted by molar-refractivity contribution is -0.384. The number of anilines is 2. The third-order valence-electron chi connectivity index (χ3n) is 21.2. The summed E-state index contributed by atoms with van der Waals surface area (Å²) in [6, 6.07) is 38.6. The summed E-state index contributed by atoms with van der Waals surface area (Å²) in [7, 11) is 1.64. The minimum atomic E-state index is -1.21. The number of carbonyl (C=O) groups is 4. The van der Waals surface area contributed by atoms with Gasteiger partial charge >= 0.3 is 0 Å². The molecular weight excluding hydrogens is 1140 g/mol. The molecular formula is C76H100N6O9. The number of methoxy groups -OCH3 is 1. The lowest BCUT2D eigenvalue weighted by Crippen LogP contribution is -2.53. The third-order valence-corrected chi connectivity index (χ3v) is 21.2. The number of nitrogens with zero attached hydrogens (tertiary/aromatic N) is 2. The van der Waals surface area contributed by atoms with Crippen molar-refractivity contribution in [2.45, 2.75) is 181 Å². The summed E-state index contributed by atoms with van der Waals surface area (Å²) in [5.41, 5.74) is 7.03. The van der Waals surface area contributed by atoms with Gasteiger partial charge in [-0.05, 0) is 182 Å². The van der Waals surface area contributed by atoms with Crippen LogP contribution in [-0.2, 0) is 36.9 Å². The topological polar surface area (TPSA) is 201 Å². The zero-order valence-corrected chi connectivity index (χ0v) is 54.7. The molecule has 5 aromatic carbocycles. The minimum Gasteiger partial charge on any atom is -0.497 e. The molecule has 4 aliphatic rings. The van der Waals surface area contributed by atoms with Crippen molar-refractivity contribution < 1.29 is 38.7 Å². The zero-order chi connectivity index (χ0) is 64.5. The van der Waals surface area contributed by atoms with Crippen molar-refractivity contribution in [3.8, 4) is 5.75 Å². The Bertz CT molecular complexity index is 3160. The molecule has 10 atom stereocenters. The van der Waals surface area contributed by atoms with Crippen LogP contribution in [0.4, 0.5) is 17.1 Å². The molecule has 5 aromatic rings. The Kier molecular flexibility index (Phi) is 24.1. The average molecular weight is 1240 g/mol. The minimum absolute atomic E-state index is 0.0485. The molecule has 0 heterocycles. The molecule has 0 radical (unpaired) electrons. The highest BCUT2D eigenvalue weighted by Gasteiger charge is 2.59. The van der Waals surface area contributed by atoms with Gasteiger partial charge in [0, 0.05) is 62.5 Å². The number of hydrogen-bond acceptors (Lipinski definition) is 10. The van der Waals surface area contributed by atoms with E-state index in [2.05, 4.69) is 91.1 Å². The number of hydrogen-bond donors (Lipinski definition) is 5. The summed E-state index contributed by atoms with van der Waals surface area (Å²) in [6.45, 7) is 13.8. The molecule has 5 N–H and O–H groups in total. The van der Waals surface area contributed by atoms with Crippen LogP contribution in [0.15, 0.2) is 145 Å². The number of nitro groups is 1. The normalized spacial score (nSPS) is 22.7. The van der Waals surface area contributed by atoms with Gasteiger partial charge in [0.25, 0.3) is 5.69 Å². The number of allylic oxidation sites excluding steroid dienone is 1. The van der Waals surface area contributed by atoms with Crippen LogP contribution in [0.3, 0.4) is 0 Å². The van der Waals surface area contributed by atoms with Crippen LogP contribution in [-0.4, -0.2) is 78.7 Å². The summed E-state index contributed by atoms with van der Waals surface area (Å²) < 4.78 is 12.0. The van der Waals surface area contributed by atoms with Gasteiger partial charge in [-0.2, -0.15) is 0 Å². The summed E-state index contributed by atoms with van der Waals surface area (Å²) in [6.07, 6.45) is 18.4. The Morgan fingerprint density at radius 1 is 0.703 bits per heavy atom.